The lowest BCUT2D eigenvalue weighted by Gasteiger charge is -2.14. The second-order valence-corrected chi connectivity index (χ2v) is 6.49. The highest BCUT2D eigenvalue weighted by molar-refractivity contribution is 6.29. The molecule has 1 atom stereocenters. The summed E-state index contributed by atoms with van der Waals surface area (Å²) in [7, 11) is 0. The van der Waals surface area contributed by atoms with Crippen LogP contribution in [-0.2, 0) is 0 Å². The van der Waals surface area contributed by atoms with Crippen molar-refractivity contribution in [3.63, 3.8) is 0 Å². The molecule has 0 saturated heterocycles. The van der Waals surface area contributed by atoms with E-state index in [1.165, 1.54) is 0 Å². The summed E-state index contributed by atoms with van der Waals surface area (Å²) in [4.78, 5) is 16.9. The smallest absolute Gasteiger partial charge is 0.251 e. The lowest BCUT2D eigenvalue weighted by Crippen LogP contribution is -2.26. The van der Waals surface area contributed by atoms with Gasteiger partial charge in [-0.25, -0.2) is 4.98 Å². The van der Waals surface area contributed by atoms with Crippen LogP contribution < -0.4 is 5.32 Å². The van der Waals surface area contributed by atoms with E-state index in [1.54, 1.807) is 6.07 Å². The Morgan fingerprint density at radius 2 is 1.83 bits per heavy atom. The number of rotatable bonds is 4. The Kier molecular flexibility index (Phi) is 4.58. The van der Waals surface area contributed by atoms with Gasteiger partial charge < -0.3 is 9.88 Å². The number of benzene rings is 2. The molecule has 0 fully saturated rings. The van der Waals surface area contributed by atoms with Crippen LogP contribution in [0.5, 0.6) is 0 Å². The fourth-order valence-electron chi connectivity index (χ4n) is 2.81. The van der Waals surface area contributed by atoms with E-state index in [1.807, 2.05) is 54.0 Å². The summed E-state index contributed by atoms with van der Waals surface area (Å²) in [5.41, 5.74) is 3.31. The standard InChI is InChI=1S/C19H20ClN3O/c1-12(2)23-17-10-9-15(11-16(17)22-19(23)20)18(24)21-13(3)14-7-5-4-6-8-14/h4-13H,1-3H3,(H,21,24)/t13-/m0/s1. The Hall–Kier alpha value is -2.33. The fourth-order valence-corrected chi connectivity index (χ4v) is 3.18. The van der Waals surface area contributed by atoms with Crippen LogP contribution in [-0.4, -0.2) is 15.5 Å². The summed E-state index contributed by atoms with van der Waals surface area (Å²) < 4.78 is 1.95. The molecule has 3 rings (SSSR count). The third-order valence-electron chi connectivity index (χ3n) is 4.07. The number of carbonyl (C=O) groups excluding carboxylic acids is 1. The van der Waals surface area contributed by atoms with Gasteiger partial charge in [0.1, 0.15) is 0 Å². The molecule has 0 aliphatic rings. The number of hydrogen-bond donors (Lipinski definition) is 1. The SMILES string of the molecule is CC(C)n1c(Cl)nc2cc(C(=O)N[C@@H](C)c3ccccc3)ccc21. The first-order valence-electron chi connectivity index (χ1n) is 8.00. The number of aromatic nitrogens is 2. The number of imidazole rings is 1. The summed E-state index contributed by atoms with van der Waals surface area (Å²) in [6.45, 7) is 6.07. The molecule has 1 N–H and O–H groups in total. The molecule has 0 aliphatic heterocycles. The number of nitrogens with one attached hydrogen (secondary N) is 1. The van der Waals surface area contributed by atoms with Crippen molar-refractivity contribution in [2.24, 2.45) is 0 Å². The van der Waals surface area contributed by atoms with Crippen LogP contribution in [0.25, 0.3) is 11.0 Å². The Labute approximate surface area is 146 Å². The van der Waals surface area contributed by atoms with Crippen molar-refractivity contribution in [2.45, 2.75) is 32.9 Å². The summed E-state index contributed by atoms with van der Waals surface area (Å²) in [6, 6.07) is 15.5. The van der Waals surface area contributed by atoms with Crippen molar-refractivity contribution in [1.82, 2.24) is 14.9 Å². The largest absolute Gasteiger partial charge is 0.346 e. The molecule has 24 heavy (non-hydrogen) atoms. The van der Waals surface area contributed by atoms with Crippen molar-refractivity contribution in [1.29, 1.82) is 0 Å². The molecule has 1 heterocycles. The molecule has 3 aromatic rings. The Morgan fingerprint density at radius 3 is 2.50 bits per heavy atom. The van der Waals surface area contributed by atoms with Crippen LogP contribution >= 0.6 is 11.6 Å². The number of amides is 1. The van der Waals surface area contributed by atoms with Gasteiger partial charge in [-0.05, 0) is 56.1 Å². The minimum Gasteiger partial charge on any atom is -0.346 e. The molecule has 1 aromatic heterocycles. The predicted molar refractivity (Wildman–Crippen MR) is 97.5 cm³/mol. The number of nitrogens with zero attached hydrogens (tertiary/aromatic N) is 2. The first-order valence-corrected chi connectivity index (χ1v) is 8.38. The van der Waals surface area contributed by atoms with Crippen LogP contribution in [0.2, 0.25) is 5.28 Å². The normalized spacial score (nSPS) is 12.5. The van der Waals surface area contributed by atoms with Crippen molar-refractivity contribution < 1.29 is 4.79 Å². The average Bonchev–Trinajstić information content (AvgIpc) is 2.90. The van der Waals surface area contributed by atoms with Gasteiger partial charge in [-0.15, -0.1) is 0 Å². The quantitative estimate of drug-likeness (QED) is 0.743. The van der Waals surface area contributed by atoms with Gasteiger partial charge in [0, 0.05) is 11.6 Å². The minimum atomic E-state index is -0.122. The summed E-state index contributed by atoms with van der Waals surface area (Å²) >= 11 is 6.21. The van der Waals surface area contributed by atoms with E-state index in [4.69, 9.17) is 11.6 Å². The molecule has 0 spiro atoms. The molecule has 4 nitrogen and oxygen atoms in total. The molecule has 5 heteroatoms. The molecular formula is C19H20ClN3O. The maximum absolute atomic E-state index is 12.5. The maximum Gasteiger partial charge on any atom is 0.251 e. The van der Waals surface area contributed by atoms with Gasteiger partial charge >= 0.3 is 0 Å². The first kappa shape index (κ1) is 16.5. The van der Waals surface area contributed by atoms with E-state index in [0.29, 0.717) is 10.8 Å². The zero-order valence-corrected chi connectivity index (χ0v) is 14.7. The maximum atomic E-state index is 12.5. The molecule has 0 aliphatic carbocycles. The van der Waals surface area contributed by atoms with E-state index >= 15 is 0 Å². The van der Waals surface area contributed by atoms with E-state index in [2.05, 4.69) is 24.1 Å². The van der Waals surface area contributed by atoms with Crippen LogP contribution in [0.15, 0.2) is 48.5 Å². The highest BCUT2D eigenvalue weighted by atomic mass is 35.5. The fraction of sp³-hybridized carbons (Fsp3) is 0.263. The van der Waals surface area contributed by atoms with Crippen LogP contribution in [0.3, 0.4) is 0 Å². The van der Waals surface area contributed by atoms with E-state index in [9.17, 15) is 4.79 Å². The lowest BCUT2D eigenvalue weighted by molar-refractivity contribution is 0.0940. The average molecular weight is 342 g/mol. The summed E-state index contributed by atoms with van der Waals surface area (Å²) in [6.07, 6.45) is 0. The van der Waals surface area contributed by atoms with Gasteiger partial charge in [0.15, 0.2) is 0 Å². The third kappa shape index (κ3) is 3.15. The molecule has 0 saturated carbocycles. The topological polar surface area (TPSA) is 46.9 Å². The number of halogens is 1. The van der Waals surface area contributed by atoms with Crippen LogP contribution in [0.1, 0.15) is 48.8 Å². The first-order chi connectivity index (χ1) is 11.5. The van der Waals surface area contributed by atoms with Gasteiger partial charge in [-0.1, -0.05) is 30.3 Å². The molecule has 0 unspecified atom stereocenters. The van der Waals surface area contributed by atoms with Crippen molar-refractivity contribution >= 4 is 28.5 Å². The minimum absolute atomic E-state index is 0.0637. The molecule has 0 radical (unpaired) electrons. The molecule has 1 amide bonds. The van der Waals surface area contributed by atoms with E-state index < -0.39 is 0 Å². The molecule has 124 valence electrons. The lowest BCUT2D eigenvalue weighted by atomic mass is 10.1. The van der Waals surface area contributed by atoms with Crippen LogP contribution in [0, 0.1) is 0 Å². The Morgan fingerprint density at radius 1 is 1.12 bits per heavy atom. The van der Waals surface area contributed by atoms with Gasteiger partial charge in [0.05, 0.1) is 17.1 Å². The van der Waals surface area contributed by atoms with Gasteiger partial charge in [0.25, 0.3) is 5.91 Å². The monoisotopic (exact) mass is 341 g/mol. The van der Waals surface area contributed by atoms with Crippen molar-refractivity contribution in [3.05, 3.63) is 64.9 Å². The second-order valence-electron chi connectivity index (χ2n) is 6.15. The van der Waals surface area contributed by atoms with Crippen molar-refractivity contribution in [2.75, 3.05) is 0 Å². The number of hydrogen-bond acceptors (Lipinski definition) is 2. The Bertz CT molecular complexity index is 871. The second kappa shape index (κ2) is 6.65. The van der Waals surface area contributed by atoms with Crippen LogP contribution in [0.4, 0.5) is 0 Å². The number of fused-ring (bicyclic) bond motifs is 1. The molecule has 0 bridgehead atoms. The molecular weight excluding hydrogens is 322 g/mol. The zero-order chi connectivity index (χ0) is 17.3. The Balaban J connectivity index is 1.85. The molecule has 2 aromatic carbocycles. The van der Waals surface area contributed by atoms with E-state index in [0.717, 1.165) is 16.6 Å². The highest BCUT2D eigenvalue weighted by Gasteiger charge is 2.15. The summed E-state index contributed by atoms with van der Waals surface area (Å²) in [5.74, 6) is -0.122. The highest BCUT2D eigenvalue weighted by Crippen LogP contribution is 2.25. The number of carbonyl (C=O) groups is 1. The van der Waals surface area contributed by atoms with Gasteiger partial charge in [-0.2, -0.15) is 0 Å². The van der Waals surface area contributed by atoms with Crippen molar-refractivity contribution in [3.8, 4) is 0 Å². The van der Waals surface area contributed by atoms with E-state index in [-0.39, 0.29) is 18.0 Å². The van der Waals surface area contributed by atoms with Gasteiger partial charge in [-0.3, -0.25) is 4.79 Å². The third-order valence-corrected chi connectivity index (χ3v) is 4.34. The van der Waals surface area contributed by atoms with Gasteiger partial charge in [0.2, 0.25) is 5.28 Å². The predicted octanol–water partition coefficient (Wildman–Crippen LogP) is 4.76. The zero-order valence-electron chi connectivity index (χ0n) is 14.0. The summed E-state index contributed by atoms with van der Waals surface area (Å²) in [5, 5.41) is 3.45.